The topological polar surface area (TPSA) is 78.7 Å². The predicted molar refractivity (Wildman–Crippen MR) is 135 cm³/mol. The number of nitrogens with zero attached hydrogens (tertiary/aromatic N) is 4. The van der Waals surface area contributed by atoms with Crippen molar-refractivity contribution in [2.75, 3.05) is 27.9 Å². The number of ether oxygens (including phenoxy) is 3. The van der Waals surface area contributed by atoms with Crippen LogP contribution in [0.4, 0.5) is 0 Å². The Labute approximate surface area is 210 Å². The van der Waals surface area contributed by atoms with Crippen molar-refractivity contribution in [3.05, 3.63) is 94.8 Å². The Bertz CT molecular complexity index is 1400. The van der Waals surface area contributed by atoms with Gasteiger partial charge in [-0.25, -0.2) is 4.68 Å². The van der Waals surface area contributed by atoms with Crippen LogP contribution in [0.3, 0.4) is 0 Å². The summed E-state index contributed by atoms with van der Waals surface area (Å²) >= 11 is 0. The van der Waals surface area contributed by atoms with Crippen molar-refractivity contribution in [3.8, 4) is 22.9 Å². The normalized spacial score (nSPS) is 14.8. The molecule has 1 aliphatic rings. The maximum Gasteiger partial charge on any atom is 0.277 e. The van der Waals surface area contributed by atoms with Crippen LogP contribution in [0, 0.1) is 6.92 Å². The molecule has 1 atom stereocenters. The number of fused-ring (bicyclic) bond motifs is 1. The fourth-order valence-electron chi connectivity index (χ4n) is 4.81. The van der Waals surface area contributed by atoms with Crippen LogP contribution in [0.25, 0.3) is 5.69 Å². The first-order valence-electron chi connectivity index (χ1n) is 11.7. The van der Waals surface area contributed by atoms with Crippen LogP contribution < -0.4 is 14.2 Å². The van der Waals surface area contributed by atoms with E-state index in [1.807, 2.05) is 78.6 Å². The van der Waals surface area contributed by atoms with E-state index in [9.17, 15) is 4.79 Å². The summed E-state index contributed by atoms with van der Waals surface area (Å²) in [7, 11) is 4.87. The fourth-order valence-corrected chi connectivity index (χ4v) is 4.81. The van der Waals surface area contributed by atoms with E-state index in [1.165, 1.54) is 0 Å². The Balaban J connectivity index is 1.57. The molecule has 2 heterocycles. The standard InChI is InChI=1S/C28H28N4O4/c1-18-26(29-30-32(18)21-11-8-12-22(16-21)34-2)28(33)31-14-13-20-15-24(35-3)25(36-4)17-23(20)27(31)19-9-6-5-7-10-19/h5-12,15-17,27H,13-14H2,1-4H3. The van der Waals surface area contributed by atoms with Gasteiger partial charge < -0.3 is 19.1 Å². The van der Waals surface area contributed by atoms with Crippen LogP contribution in [0.5, 0.6) is 17.2 Å². The molecule has 36 heavy (non-hydrogen) atoms. The van der Waals surface area contributed by atoms with Crippen molar-refractivity contribution in [1.82, 2.24) is 19.9 Å². The van der Waals surface area contributed by atoms with Crippen molar-refractivity contribution in [1.29, 1.82) is 0 Å². The van der Waals surface area contributed by atoms with Gasteiger partial charge in [0.15, 0.2) is 17.2 Å². The van der Waals surface area contributed by atoms with Gasteiger partial charge in [-0.2, -0.15) is 0 Å². The summed E-state index contributed by atoms with van der Waals surface area (Å²) in [6.45, 7) is 2.39. The number of amides is 1. The zero-order valence-corrected chi connectivity index (χ0v) is 20.8. The quantitative estimate of drug-likeness (QED) is 0.404. The molecule has 8 heteroatoms. The minimum atomic E-state index is -0.302. The number of methoxy groups -OCH3 is 3. The molecule has 8 nitrogen and oxygen atoms in total. The molecule has 0 aliphatic carbocycles. The minimum absolute atomic E-state index is 0.170. The second kappa shape index (κ2) is 9.73. The second-order valence-corrected chi connectivity index (χ2v) is 8.60. The molecule has 0 saturated carbocycles. The average Bonchev–Trinajstić information content (AvgIpc) is 3.32. The zero-order valence-electron chi connectivity index (χ0n) is 20.8. The SMILES string of the molecule is COc1cccc(-n2nnc(C(=O)N3CCc4cc(OC)c(OC)cc4C3c3ccccc3)c2C)c1. The van der Waals surface area contributed by atoms with E-state index in [1.54, 1.807) is 26.0 Å². The highest BCUT2D eigenvalue weighted by Crippen LogP contribution is 2.41. The van der Waals surface area contributed by atoms with Gasteiger partial charge in [0.1, 0.15) is 5.75 Å². The van der Waals surface area contributed by atoms with E-state index < -0.39 is 0 Å². The molecule has 0 spiro atoms. The van der Waals surface area contributed by atoms with E-state index in [-0.39, 0.29) is 11.9 Å². The van der Waals surface area contributed by atoms with E-state index in [0.717, 1.165) is 22.4 Å². The highest BCUT2D eigenvalue weighted by Gasteiger charge is 2.35. The second-order valence-electron chi connectivity index (χ2n) is 8.60. The Morgan fingerprint density at radius 2 is 1.67 bits per heavy atom. The maximum atomic E-state index is 14.0. The molecule has 0 bridgehead atoms. The molecule has 5 rings (SSSR count). The van der Waals surface area contributed by atoms with Crippen molar-refractivity contribution >= 4 is 5.91 Å². The molecule has 4 aromatic rings. The van der Waals surface area contributed by atoms with Crippen molar-refractivity contribution in [2.24, 2.45) is 0 Å². The Morgan fingerprint density at radius 3 is 2.39 bits per heavy atom. The number of hydrogen-bond acceptors (Lipinski definition) is 6. The maximum absolute atomic E-state index is 14.0. The number of benzene rings is 3. The first-order chi connectivity index (χ1) is 17.5. The minimum Gasteiger partial charge on any atom is -0.497 e. The third-order valence-corrected chi connectivity index (χ3v) is 6.64. The first-order valence-corrected chi connectivity index (χ1v) is 11.7. The van der Waals surface area contributed by atoms with E-state index in [2.05, 4.69) is 10.3 Å². The molecule has 3 aromatic carbocycles. The molecule has 0 saturated heterocycles. The summed E-state index contributed by atoms with van der Waals surface area (Å²) in [5.41, 5.74) is 4.91. The lowest BCUT2D eigenvalue weighted by Crippen LogP contribution is -2.41. The smallest absolute Gasteiger partial charge is 0.277 e. The van der Waals surface area contributed by atoms with Gasteiger partial charge in [-0.1, -0.05) is 41.6 Å². The number of hydrogen-bond donors (Lipinski definition) is 0. The predicted octanol–water partition coefficient (Wildman–Crippen LogP) is 4.39. The molecule has 0 radical (unpaired) electrons. The van der Waals surface area contributed by atoms with Gasteiger partial charge in [0.25, 0.3) is 5.91 Å². The number of rotatable bonds is 6. The monoisotopic (exact) mass is 484 g/mol. The number of aromatic nitrogens is 3. The van der Waals surface area contributed by atoms with Gasteiger partial charge in [-0.15, -0.1) is 5.10 Å². The van der Waals surface area contributed by atoms with E-state index >= 15 is 0 Å². The highest BCUT2D eigenvalue weighted by atomic mass is 16.5. The molecule has 1 aromatic heterocycles. The number of carbonyl (C=O) groups excluding carboxylic acids is 1. The lowest BCUT2D eigenvalue weighted by molar-refractivity contribution is 0.0687. The molecule has 1 unspecified atom stereocenters. The summed E-state index contributed by atoms with van der Waals surface area (Å²) in [5, 5.41) is 8.60. The van der Waals surface area contributed by atoms with Crippen LogP contribution in [-0.4, -0.2) is 53.7 Å². The van der Waals surface area contributed by atoms with E-state index in [0.29, 0.717) is 41.6 Å². The van der Waals surface area contributed by atoms with Crippen LogP contribution in [0.1, 0.15) is 38.9 Å². The lowest BCUT2D eigenvalue weighted by Gasteiger charge is -2.38. The Hall–Kier alpha value is -4.33. The Kier molecular flexibility index (Phi) is 6.33. The van der Waals surface area contributed by atoms with Crippen molar-refractivity contribution in [3.63, 3.8) is 0 Å². The van der Waals surface area contributed by atoms with E-state index in [4.69, 9.17) is 14.2 Å². The molecule has 184 valence electrons. The zero-order chi connectivity index (χ0) is 25.2. The fraction of sp³-hybridized carbons (Fsp3) is 0.250. The number of carbonyl (C=O) groups is 1. The summed E-state index contributed by atoms with van der Waals surface area (Å²) in [6.07, 6.45) is 0.688. The van der Waals surface area contributed by atoms with Gasteiger partial charge in [0.2, 0.25) is 0 Å². The summed E-state index contributed by atoms with van der Waals surface area (Å²) in [5.74, 6) is 1.85. The molecule has 1 amide bonds. The largest absolute Gasteiger partial charge is 0.497 e. The summed E-state index contributed by atoms with van der Waals surface area (Å²) < 4.78 is 18.1. The van der Waals surface area contributed by atoms with Crippen LogP contribution >= 0.6 is 0 Å². The van der Waals surface area contributed by atoms with Crippen molar-refractivity contribution < 1.29 is 19.0 Å². The molecular formula is C28H28N4O4. The van der Waals surface area contributed by atoms with Crippen LogP contribution in [0.15, 0.2) is 66.7 Å². The average molecular weight is 485 g/mol. The van der Waals surface area contributed by atoms with Gasteiger partial charge in [0.05, 0.1) is 38.8 Å². The molecule has 1 aliphatic heterocycles. The lowest BCUT2D eigenvalue weighted by atomic mass is 9.87. The summed E-state index contributed by atoms with van der Waals surface area (Å²) in [4.78, 5) is 15.9. The molecule has 0 fully saturated rings. The van der Waals surface area contributed by atoms with Crippen molar-refractivity contribution in [2.45, 2.75) is 19.4 Å². The first kappa shape index (κ1) is 23.4. The molecule has 0 N–H and O–H groups in total. The highest BCUT2D eigenvalue weighted by molar-refractivity contribution is 5.94. The summed E-state index contributed by atoms with van der Waals surface area (Å²) in [6, 6.07) is 21.2. The van der Waals surface area contributed by atoms with Gasteiger partial charge in [-0.05, 0) is 54.3 Å². The third kappa shape index (κ3) is 4.04. The third-order valence-electron chi connectivity index (χ3n) is 6.64. The Morgan fingerprint density at radius 1 is 0.917 bits per heavy atom. The van der Waals surface area contributed by atoms with Crippen LogP contribution in [-0.2, 0) is 6.42 Å². The van der Waals surface area contributed by atoms with Gasteiger partial charge >= 0.3 is 0 Å². The molecular weight excluding hydrogens is 456 g/mol. The van der Waals surface area contributed by atoms with Crippen LogP contribution in [0.2, 0.25) is 0 Å². The van der Waals surface area contributed by atoms with Gasteiger partial charge in [-0.3, -0.25) is 4.79 Å². The van der Waals surface area contributed by atoms with Gasteiger partial charge in [0, 0.05) is 12.6 Å².